The van der Waals surface area contributed by atoms with Crippen LogP contribution in [0.3, 0.4) is 0 Å². The molecule has 0 radical (unpaired) electrons. The molecule has 2 N–H and O–H groups in total. The average molecular weight is 1100 g/mol. The molecule has 3 atom stereocenters. The largest absolute Gasteiger partial charge is 0.346 e. The van der Waals surface area contributed by atoms with Crippen molar-refractivity contribution in [3.05, 3.63) is 90.5 Å². The van der Waals surface area contributed by atoms with E-state index in [0.29, 0.717) is 23.6 Å². The van der Waals surface area contributed by atoms with Gasteiger partial charge in [-0.2, -0.15) is 19.0 Å². The van der Waals surface area contributed by atoms with Crippen molar-refractivity contribution in [1.29, 1.82) is 0 Å². The minimum atomic E-state index is -4.08. The average Bonchev–Trinajstić information content (AvgIpc) is 4.14. The molecule has 352 valence electrons. The van der Waals surface area contributed by atoms with Crippen molar-refractivity contribution in [2.24, 2.45) is 5.92 Å². The first-order valence-electron chi connectivity index (χ1n) is 20.3. The SMILES string of the molecule is CCS(=O)(=O)Nc1nn(CC(F)F)c2c(-c3cc(I)c(C#CC(C)(C)S(=O)(=O)C4CC4)nc3[C@H](Cc3cc(F)cc(F)c3)NC(=O)Cn3nc(C(F)F)c4c3C(F)(F)C3C[C@H]43)ccc(Cl)c12. The highest BCUT2D eigenvalue weighted by atomic mass is 127. The number of anilines is 1. The number of carbonyl (C=O) groups excluding carboxylic acids is 1. The number of nitrogens with one attached hydrogen (secondary N) is 2. The number of sulfone groups is 1. The van der Waals surface area contributed by atoms with E-state index in [2.05, 4.69) is 32.1 Å². The number of hydrogen-bond donors (Lipinski definition) is 2. The molecule has 1 amide bonds. The summed E-state index contributed by atoms with van der Waals surface area (Å²) in [7, 11) is -7.85. The fourth-order valence-corrected chi connectivity index (χ4v) is 11.5. The van der Waals surface area contributed by atoms with Crippen molar-refractivity contribution < 1.29 is 56.8 Å². The molecular weight excluding hydrogens is 1060 g/mol. The maximum absolute atomic E-state index is 15.6. The molecule has 8 rings (SSSR count). The van der Waals surface area contributed by atoms with Crippen LogP contribution in [-0.4, -0.2) is 69.5 Å². The van der Waals surface area contributed by atoms with Gasteiger partial charge in [0.05, 0.1) is 38.7 Å². The van der Waals surface area contributed by atoms with E-state index >= 15 is 8.78 Å². The van der Waals surface area contributed by atoms with Crippen LogP contribution in [0, 0.1) is 33.0 Å². The second-order valence-corrected chi connectivity index (χ2v) is 23.1. The van der Waals surface area contributed by atoms with Crippen molar-refractivity contribution >= 4 is 76.7 Å². The van der Waals surface area contributed by atoms with Crippen molar-refractivity contribution in [2.75, 3.05) is 10.5 Å². The Morgan fingerprint density at radius 1 is 1.00 bits per heavy atom. The van der Waals surface area contributed by atoms with E-state index < -0.39 is 127 Å². The van der Waals surface area contributed by atoms with Crippen molar-refractivity contribution in [2.45, 2.75) is 100 Å². The van der Waals surface area contributed by atoms with Gasteiger partial charge in [0.1, 0.15) is 46.6 Å². The molecule has 2 fully saturated rings. The van der Waals surface area contributed by atoms with Gasteiger partial charge in [-0.25, -0.2) is 48.2 Å². The molecule has 0 saturated heterocycles. The van der Waals surface area contributed by atoms with Gasteiger partial charge in [0, 0.05) is 32.2 Å². The molecular formula is C42H37ClF8IN7O5S2. The second-order valence-electron chi connectivity index (χ2n) is 16.8. The van der Waals surface area contributed by atoms with E-state index in [0.717, 1.165) is 16.8 Å². The highest BCUT2D eigenvalue weighted by Gasteiger charge is 2.67. The third-order valence-corrected chi connectivity index (χ3v) is 17.0. The number of amides is 1. The molecule has 2 saturated carbocycles. The van der Waals surface area contributed by atoms with Gasteiger partial charge >= 0.3 is 0 Å². The van der Waals surface area contributed by atoms with Crippen LogP contribution in [0.4, 0.5) is 40.9 Å². The van der Waals surface area contributed by atoms with Crippen LogP contribution in [0.15, 0.2) is 36.4 Å². The molecule has 3 heterocycles. The number of halogens is 10. The topological polar surface area (TPSA) is 158 Å². The normalized spacial score (nSPS) is 18.3. The molecule has 0 spiro atoms. The molecule has 0 aliphatic heterocycles. The molecule has 5 aromatic rings. The van der Waals surface area contributed by atoms with Gasteiger partial charge in [-0.05, 0) is 111 Å². The Hall–Kier alpha value is -4.54. The fourth-order valence-electron chi connectivity index (χ4n) is 8.33. The maximum atomic E-state index is 15.6. The van der Waals surface area contributed by atoms with E-state index in [9.17, 15) is 48.0 Å². The number of rotatable bonds is 15. The number of nitrogens with zero attached hydrogens (tertiary/aromatic N) is 5. The number of sulfonamides is 1. The third-order valence-electron chi connectivity index (χ3n) is 11.7. The van der Waals surface area contributed by atoms with Gasteiger partial charge in [-0.15, -0.1) is 0 Å². The summed E-state index contributed by atoms with van der Waals surface area (Å²) >= 11 is 8.47. The first-order valence-corrected chi connectivity index (χ1v) is 25.0. The number of alkyl halides is 6. The minimum Gasteiger partial charge on any atom is -0.346 e. The second kappa shape index (κ2) is 17.2. The standard InChI is InChI=1S/C42H37ClF8IN7O5S2/c1-4-65(61,62)57-40-34-27(43)8-7-23(37(34)58(56-40)17-31(46)47)24-16-28(52)29(9-10-41(2,3)66(63,64)22-5-6-22)54-35(24)30(13-19-11-20(44)14-21(45)12-19)53-32(60)18-59-38-33(36(55-59)39(48)49)25-15-26(25)42(38,50)51/h7-8,11-12,14,16,22,25-26,30-31,39H,4-6,13,15,17-18H2,1-3H3,(H,53,60)(H,56,57)/t25-,26?,30-/m0/s1. The lowest BCUT2D eigenvalue weighted by Crippen LogP contribution is -2.35. The number of pyridine rings is 1. The number of carbonyl (C=O) groups is 1. The molecule has 3 aromatic heterocycles. The first kappa shape index (κ1) is 47.9. The van der Waals surface area contributed by atoms with Crippen LogP contribution in [-0.2, 0) is 50.1 Å². The molecule has 1 unspecified atom stereocenters. The summed E-state index contributed by atoms with van der Waals surface area (Å²) in [6.45, 7) is 2.02. The van der Waals surface area contributed by atoms with Gasteiger partial charge in [-0.3, -0.25) is 18.9 Å². The Kier molecular flexibility index (Phi) is 12.5. The zero-order chi connectivity index (χ0) is 48.0. The van der Waals surface area contributed by atoms with E-state index in [4.69, 9.17) is 16.6 Å². The highest BCUT2D eigenvalue weighted by Crippen LogP contribution is 2.68. The molecule has 0 bridgehead atoms. The fraction of sp³-hybridized carbons (Fsp3) is 0.429. The summed E-state index contributed by atoms with van der Waals surface area (Å²) in [5.41, 5.74) is -2.55. The lowest BCUT2D eigenvalue weighted by Gasteiger charge is -2.24. The van der Waals surface area contributed by atoms with Gasteiger partial charge in [0.25, 0.3) is 18.8 Å². The minimum absolute atomic E-state index is 0.00515. The maximum Gasteiger partial charge on any atom is 0.293 e. The lowest BCUT2D eigenvalue weighted by molar-refractivity contribution is -0.123. The monoisotopic (exact) mass is 1100 g/mol. The van der Waals surface area contributed by atoms with Crippen molar-refractivity contribution in [3.8, 4) is 23.0 Å². The quantitative estimate of drug-likeness (QED) is 0.0599. The number of hydrogen-bond acceptors (Lipinski definition) is 8. The van der Waals surface area contributed by atoms with E-state index in [1.54, 1.807) is 0 Å². The van der Waals surface area contributed by atoms with Crippen LogP contribution >= 0.6 is 34.2 Å². The van der Waals surface area contributed by atoms with Crippen molar-refractivity contribution in [1.82, 2.24) is 29.9 Å². The summed E-state index contributed by atoms with van der Waals surface area (Å²) in [6, 6.07) is 5.04. The third kappa shape index (κ3) is 8.98. The first-order chi connectivity index (χ1) is 30.8. The molecule has 66 heavy (non-hydrogen) atoms. The zero-order valence-electron chi connectivity index (χ0n) is 34.8. The number of fused-ring (bicyclic) bond motifs is 4. The lowest BCUT2D eigenvalue weighted by atomic mass is 9.93. The van der Waals surface area contributed by atoms with Gasteiger partial charge < -0.3 is 5.32 Å². The summed E-state index contributed by atoms with van der Waals surface area (Å²) in [4.78, 5) is 19.0. The Morgan fingerprint density at radius 2 is 1.68 bits per heavy atom. The molecule has 12 nitrogen and oxygen atoms in total. The summed E-state index contributed by atoms with van der Waals surface area (Å²) in [5.74, 6) is -4.14. The summed E-state index contributed by atoms with van der Waals surface area (Å²) in [6.07, 6.45) is -5.95. The smallest absolute Gasteiger partial charge is 0.293 e. The Bertz CT molecular complexity index is 3100. The van der Waals surface area contributed by atoms with Crippen molar-refractivity contribution in [3.63, 3.8) is 0 Å². The summed E-state index contributed by atoms with van der Waals surface area (Å²) in [5, 5.41) is 9.65. The molecule has 3 aliphatic rings. The van der Waals surface area contributed by atoms with Crippen LogP contribution in [0.1, 0.15) is 92.3 Å². The molecule has 2 aromatic carbocycles. The number of aromatic nitrogens is 5. The predicted molar refractivity (Wildman–Crippen MR) is 236 cm³/mol. The van der Waals surface area contributed by atoms with E-state index in [1.807, 2.05) is 22.6 Å². The Labute approximate surface area is 391 Å². The predicted octanol–water partition coefficient (Wildman–Crippen LogP) is 8.81. The highest BCUT2D eigenvalue weighted by molar-refractivity contribution is 14.1. The van der Waals surface area contributed by atoms with E-state index in [1.165, 1.54) is 39.0 Å². The molecule has 24 heteroatoms. The van der Waals surface area contributed by atoms with Crippen LogP contribution in [0.5, 0.6) is 0 Å². The Balaban J connectivity index is 1.34. The van der Waals surface area contributed by atoms with Gasteiger partial charge in [0.15, 0.2) is 15.7 Å². The van der Waals surface area contributed by atoms with Crippen LogP contribution in [0.25, 0.3) is 22.0 Å². The summed E-state index contributed by atoms with van der Waals surface area (Å²) < 4.78 is 172. The van der Waals surface area contributed by atoms with Gasteiger partial charge in [-0.1, -0.05) is 23.6 Å². The Morgan fingerprint density at radius 3 is 2.30 bits per heavy atom. The molecule has 3 aliphatic carbocycles. The van der Waals surface area contributed by atoms with Crippen LogP contribution < -0.4 is 10.0 Å². The number of benzene rings is 2. The van der Waals surface area contributed by atoms with E-state index in [-0.39, 0.29) is 59.6 Å². The zero-order valence-corrected chi connectivity index (χ0v) is 39.3. The van der Waals surface area contributed by atoms with Gasteiger partial charge in [0.2, 0.25) is 15.9 Å². The van der Waals surface area contributed by atoms with Crippen LogP contribution in [0.2, 0.25) is 5.02 Å².